The second-order valence-electron chi connectivity index (χ2n) is 8.97. The van der Waals surface area contributed by atoms with Crippen LogP contribution in [0.15, 0.2) is 60.7 Å². The Hall–Kier alpha value is -3.81. The Bertz CT molecular complexity index is 1180. The monoisotopic (exact) mass is 429 g/mol. The highest BCUT2D eigenvalue weighted by atomic mass is 16.6. The molecule has 1 saturated heterocycles. The first-order chi connectivity index (χ1) is 15.4. The third-order valence-electron chi connectivity index (χ3n) is 7.37. The topological polar surface area (TPSA) is 110 Å². The quantitative estimate of drug-likeness (QED) is 0.347. The number of amides is 3. The molecule has 1 heterocycles. The zero-order chi connectivity index (χ0) is 22.1. The van der Waals surface area contributed by atoms with Crippen molar-refractivity contribution < 1.29 is 19.3 Å². The molecule has 4 aliphatic carbocycles. The first-order valence-electron chi connectivity index (χ1n) is 10.7. The van der Waals surface area contributed by atoms with Gasteiger partial charge in [0.15, 0.2) is 0 Å². The van der Waals surface area contributed by atoms with Crippen LogP contribution < -0.4 is 10.2 Å². The molecule has 8 heteroatoms. The third-order valence-corrected chi connectivity index (χ3v) is 7.37. The van der Waals surface area contributed by atoms with Gasteiger partial charge < -0.3 is 5.32 Å². The largest absolute Gasteiger partial charge is 0.322 e. The molecule has 1 N–H and O–H groups in total. The zero-order valence-corrected chi connectivity index (χ0v) is 16.9. The number of hydrogen-bond acceptors (Lipinski definition) is 5. The smallest absolute Gasteiger partial charge is 0.271 e. The molecule has 160 valence electrons. The minimum atomic E-state index is -0.530. The lowest BCUT2D eigenvalue weighted by atomic mass is 9.63. The van der Waals surface area contributed by atoms with E-state index in [9.17, 15) is 24.5 Å². The van der Waals surface area contributed by atoms with E-state index in [0.717, 1.165) is 6.42 Å². The van der Waals surface area contributed by atoms with Gasteiger partial charge >= 0.3 is 0 Å². The van der Waals surface area contributed by atoms with Gasteiger partial charge in [0.1, 0.15) is 0 Å². The zero-order valence-electron chi connectivity index (χ0n) is 16.9. The van der Waals surface area contributed by atoms with Crippen LogP contribution in [0, 0.1) is 45.6 Å². The van der Waals surface area contributed by atoms with E-state index in [1.54, 1.807) is 30.3 Å². The van der Waals surface area contributed by atoms with Gasteiger partial charge in [-0.25, -0.2) is 0 Å². The summed E-state index contributed by atoms with van der Waals surface area (Å²) in [4.78, 5) is 50.6. The van der Waals surface area contributed by atoms with Crippen molar-refractivity contribution in [1.82, 2.24) is 0 Å². The molecule has 7 rings (SSSR count). The maximum absolute atomic E-state index is 13.2. The molecule has 0 unspecified atom stereocenters. The second kappa shape index (κ2) is 6.59. The Labute approximate surface area is 183 Å². The highest BCUT2D eigenvalue weighted by molar-refractivity contribution is 6.22. The SMILES string of the molecule is O=C(Nc1cccc([N+](=O)[O-])c1)c1ccc(N2C(=O)[C@@H]3[C@H]4C=C[C@@H]([C@@H]5C[C@@H]45)[C@H]3C2=O)cc1. The van der Waals surface area contributed by atoms with Crippen molar-refractivity contribution >= 4 is 34.8 Å². The fourth-order valence-corrected chi connectivity index (χ4v) is 5.87. The lowest BCUT2D eigenvalue weighted by molar-refractivity contribution is -0.384. The highest BCUT2D eigenvalue weighted by Gasteiger charge is 2.67. The van der Waals surface area contributed by atoms with E-state index in [0.29, 0.717) is 28.8 Å². The fourth-order valence-electron chi connectivity index (χ4n) is 5.87. The maximum Gasteiger partial charge on any atom is 0.271 e. The summed E-state index contributed by atoms with van der Waals surface area (Å²) >= 11 is 0. The predicted molar refractivity (Wildman–Crippen MR) is 115 cm³/mol. The number of nitrogens with one attached hydrogen (secondary N) is 1. The van der Waals surface area contributed by atoms with Gasteiger partial charge in [0.2, 0.25) is 11.8 Å². The molecule has 32 heavy (non-hydrogen) atoms. The summed E-state index contributed by atoms with van der Waals surface area (Å²) in [5, 5.41) is 13.5. The highest BCUT2D eigenvalue weighted by Crippen LogP contribution is 2.65. The van der Waals surface area contributed by atoms with Gasteiger partial charge in [-0.15, -0.1) is 0 Å². The van der Waals surface area contributed by atoms with Crippen LogP contribution in [0.3, 0.4) is 0 Å². The number of nitrogens with zero attached hydrogens (tertiary/aromatic N) is 2. The molecule has 3 fully saturated rings. The molecular weight excluding hydrogens is 410 g/mol. The summed E-state index contributed by atoms with van der Waals surface area (Å²) in [5.41, 5.74) is 0.977. The van der Waals surface area contributed by atoms with E-state index < -0.39 is 10.8 Å². The van der Waals surface area contributed by atoms with Gasteiger partial charge in [0.25, 0.3) is 11.6 Å². The molecule has 1 aliphatic heterocycles. The molecular formula is C24H19N3O5. The van der Waals surface area contributed by atoms with Crippen molar-refractivity contribution in [3.8, 4) is 0 Å². The van der Waals surface area contributed by atoms with Crippen LogP contribution in [-0.2, 0) is 9.59 Å². The summed E-state index contributed by atoms with van der Waals surface area (Å²) in [6.07, 6.45) is 5.39. The van der Waals surface area contributed by atoms with Crippen molar-refractivity contribution in [2.24, 2.45) is 35.5 Å². The number of hydrogen-bond donors (Lipinski definition) is 1. The van der Waals surface area contributed by atoms with Crippen LogP contribution in [0.5, 0.6) is 0 Å². The second-order valence-corrected chi connectivity index (χ2v) is 8.97. The Kier molecular flexibility index (Phi) is 3.90. The molecule has 3 amide bonds. The van der Waals surface area contributed by atoms with Crippen molar-refractivity contribution in [1.29, 1.82) is 0 Å². The first-order valence-corrected chi connectivity index (χ1v) is 10.7. The normalized spacial score (nSPS) is 31.3. The summed E-state index contributed by atoms with van der Waals surface area (Å²) in [6, 6.07) is 12.0. The summed E-state index contributed by atoms with van der Waals surface area (Å²) < 4.78 is 0. The molecule has 0 radical (unpaired) electrons. The van der Waals surface area contributed by atoms with E-state index in [2.05, 4.69) is 17.5 Å². The van der Waals surface area contributed by atoms with Gasteiger partial charge in [-0.1, -0.05) is 18.2 Å². The van der Waals surface area contributed by atoms with Gasteiger partial charge in [0.05, 0.1) is 22.4 Å². The number of non-ortho nitro benzene ring substituents is 1. The van der Waals surface area contributed by atoms with Crippen LogP contribution in [0.1, 0.15) is 16.8 Å². The van der Waals surface area contributed by atoms with Crippen LogP contribution in [-0.4, -0.2) is 22.6 Å². The molecule has 0 aromatic heterocycles. The molecule has 2 aromatic carbocycles. The minimum Gasteiger partial charge on any atom is -0.322 e. The standard InChI is InChI=1S/C24H19N3O5/c28-22(25-13-2-1-3-15(10-13)27(31)32)12-4-6-14(7-5-12)26-23(29)20-16-8-9-17(19-11-18(16)19)21(20)24(26)30/h1-10,16-21H,11H2,(H,25,28)/t16-,17-,18-,19-,20+,21+/m0/s1. The van der Waals surface area contributed by atoms with Crippen molar-refractivity contribution in [2.75, 3.05) is 10.2 Å². The molecule has 5 aliphatic rings. The van der Waals surface area contributed by atoms with E-state index in [1.165, 1.54) is 23.1 Å². The number of allylic oxidation sites excluding steroid dienone is 2. The fraction of sp³-hybridized carbons (Fsp3) is 0.292. The van der Waals surface area contributed by atoms with E-state index in [-0.39, 0.29) is 41.2 Å². The number of carbonyl (C=O) groups is 3. The number of anilines is 2. The predicted octanol–water partition coefficient (Wildman–Crippen LogP) is 3.40. The first kappa shape index (κ1) is 18.9. The third kappa shape index (κ3) is 2.65. The summed E-state index contributed by atoms with van der Waals surface area (Å²) in [5.74, 6) is 0.166. The van der Waals surface area contributed by atoms with Gasteiger partial charge in [0, 0.05) is 23.4 Å². The minimum absolute atomic E-state index is 0.119. The average molecular weight is 429 g/mol. The van der Waals surface area contributed by atoms with Gasteiger partial charge in [-0.3, -0.25) is 29.4 Å². The van der Waals surface area contributed by atoms with Crippen molar-refractivity contribution in [3.63, 3.8) is 0 Å². The summed E-state index contributed by atoms with van der Waals surface area (Å²) in [6.45, 7) is 0. The van der Waals surface area contributed by atoms with Crippen LogP contribution in [0.2, 0.25) is 0 Å². The lowest BCUT2D eigenvalue weighted by Crippen LogP contribution is -2.40. The van der Waals surface area contributed by atoms with Crippen molar-refractivity contribution in [2.45, 2.75) is 6.42 Å². The Morgan fingerprint density at radius 2 is 1.59 bits per heavy atom. The van der Waals surface area contributed by atoms with Crippen LogP contribution in [0.25, 0.3) is 0 Å². The molecule has 2 saturated carbocycles. The number of imide groups is 1. The Morgan fingerprint density at radius 1 is 0.969 bits per heavy atom. The molecule has 0 spiro atoms. The number of nitro benzene ring substituents is 1. The molecule has 8 nitrogen and oxygen atoms in total. The Morgan fingerprint density at radius 3 is 2.19 bits per heavy atom. The van der Waals surface area contributed by atoms with E-state index in [4.69, 9.17) is 0 Å². The number of rotatable bonds is 4. The lowest BCUT2D eigenvalue weighted by Gasteiger charge is -2.37. The van der Waals surface area contributed by atoms with Crippen LogP contribution in [0.4, 0.5) is 17.1 Å². The number of nitro groups is 1. The Balaban J connectivity index is 1.21. The maximum atomic E-state index is 13.2. The van der Waals surface area contributed by atoms with Gasteiger partial charge in [-0.2, -0.15) is 0 Å². The van der Waals surface area contributed by atoms with E-state index in [1.807, 2.05) is 0 Å². The molecule has 2 bridgehead atoms. The molecule has 6 atom stereocenters. The van der Waals surface area contributed by atoms with Crippen LogP contribution >= 0.6 is 0 Å². The number of benzene rings is 2. The summed E-state index contributed by atoms with van der Waals surface area (Å²) in [7, 11) is 0. The van der Waals surface area contributed by atoms with Gasteiger partial charge in [-0.05, 0) is 60.4 Å². The van der Waals surface area contributed by atoms with E-state index >= 15 is 0 Å². The average Bonchev–Trinajstić information content (AvgIpc) is 3.57. The number of carbonyl (C=O) groups excluding carboxylic acids is 3. The van der Waals surface area contributed by atoms with Crippen molar-refractivity contribution in [3.05, 3.63) is 76.4 Å². The molecule has 2 aromatic rings.